The van der Waals surface area contributed by atoms with Gasteiger partial charge in [0.25, 0.3) is 5.91 Å². The molecule has 4 rings (SSSR count). The summed E-state index contributed by atoms with van der Waals surface area (Å²) in [7, 11) is 1.63. The van der Waals surface area contributed by atoms with Crippen LogP contribution in [0.1, 0.15) is 15.9 Å². The van der Waals surface area contributed by atoms with Gasteiger partial charge in [0.1, 0.15) is 12.1 Å². The number of anilines is 1. The van der Waals surface area contributed by atoms with Gasteiger partial charge in [0, 0.05) is 49.2 Å². The maximum atomic E-state index is 12.1. The highest BCUT2D eigenvalue weighted by Gasteiger charge is 2.11. The Balaban J connectivity index is 1.50. The van der Waals surface area contributed by atoms with E-state index < -0.39 is 0 Å². The van der Waals surface area contributed by atoms with Crippen molar-refractivity contribution in [1.82, 2.24) is 25.3 Å². The number of pyridine rings is 2. The molecule has 0 fully saturated rings. The molecular weight excluding hydrogens is 364 g/mol. The van der Waals surface area contributed by atoms with Gasteiger partial charge in [-0.15, -0.1) is 0 Å². The number of rotatable bonds is 6. The standard InChI is InChI=1S/C22H20N6O/c1-23-22(29)18-8-11-26-21-15(4-2-6-17(18)21)7-10-25-20-12-19(27-14-28-20)16-5-3-9-24-13-16/h2-6,8-9,11-14H,7,10H2,1H3,(H,23,29)(H,25,27,28). The molecule has 0 unspecified atom stereocenters. The van der Waals surface area contributed by atoms with Crippen LogP contribution in [0.5, 0.6) is 0 Å². The summed E-state index contributed by atoms with van der Waals surface area (Å²) in [5.41, 5.74) is 4.30. The van der Waals surface area contributed by atoms with Crippen LogP contribution in [0, 0.1) is 0 Å². The van der Waals surface area contributed by atoms with Gasteiger partial charge in [-0.3, -0.25) is 14.8 Å². The summed E-state index contributed by atoms with van der Waals surface area (Å²) in [6.07, 6.45) is 7.47. The zero-order chi connectivity index (χ0) is 20.1. The molecule has 1 amide bonds. The van der Waals surface area contributed by atoms with Crippen molar-refractivity contribution in [1.29, 1.82) is 0 Å². The van der Waals surface area contributed by atoms with Crippen LogP contribution in [0.15, 0.2) is 67.4 Å². The lowest BCUT2D eigenvalue weighted by atomic mass is 10.0. The summed E-state index contributed by atoms with van der Waals surface area (Å²) in [6, 6.07) is 13.4. The Labute approximate surface area is 168 Å². The summed E-state index contributed by atoms with van der Waals surface area (Å²) in [5.74, 6) is 0.634. The molecule has 0 aliphatic rings. The van der Waals surface area contributed by atoms with Crippen molar-refractivity contribution in [2.75, 3.05) is 18.9 Å². The molecule has 0 saturated heterocycles. The number of fused-ring (bicyclic) bond motifs is 1. The summed E-state index contributed by atoms with van der Waals surface area (Å²) in [6.45, 7) is 0.675. The van der Waals surface area contributed by atoms with Gasteiger partial charge in [0.15, 0.2) is 0 Å². The quantitative estimate of drug-likeness (QED) is 0.531. The second-order valence-corrected chi connectivity index (χ2v) is 6.46. The first-order valence-corrected chi connectivity index (χ1v) is 9.31. The summed E-state index contributed by atoms with van der Waals surface area (Å²) in [5, 5.41) is 6.87. The van der Waals surface area contributed by atoms with Crippen LogP contribution in [0.3, 0.4) is 0 Å². The Bertz CT molecular complexity index is 1150. The van der Waals surface area contributed by atoms with Gasteiger partial charge in [0.2, 0.25) is 0 Å². The van der Waals surface area contributed by atoms with Crippen LogP contribution in [-0.2, 0) is 6.42 Å². The number of amides is 1. The fourth-order valence-corrected chi connectivity index (χ4v) is 3.22. The smallest absolute Gasteiger partial charge is 0.251 e. The minimum atomic E-state index is -0.114. The van der Waals surface area contributed by atoms with E-state index in [2.05, 4.69) is 30.6 Å². The van der Waals surface area contributed by atoms with E-state index in [0.717, 1.165) is 40.0 Å². The summed E-state index contributed by atoms with van der Waals surface area (Å²) >= 11 is 0. The molecule has 3 aromatic heterocycles. The summed E-state index contributed by atoms with van der Waals surface area (Å²) in [4.78, 5) is 29.4. The Hall–Kier alpha value is -3.87. The van der Waals surface area contributed by atoms with Gasteiger partial charge >= 0.3 is 0 Å². The second kappa shape index (κ2) is 8.43. The van der Waals surface area contributed by atoms with E-state index in [4.69, 9.17) is 0 Å². The molecule has 0 atom stereocenters. The van der Waals surface area contributed by atoms with Crippen LogP contribution in [0.25, 0.3) is 22.2 Å². The molecular formula is C22H20N6O. The molecule has 3 heterocycles. The van der Waals surface area contributed by atoms with E-state index in [1.54, 1.807) is 38.0 Å². The molecule has 0 radical (unpaired) electrons. The third-order valence-corrected chi connectivity index (χ3v) is 4.65. The molecule has 144 valence electrons. The highest BCUT2D eigenvalue weighted by molar-refractivity contribution is 6.06. The number of carbonyl (C=O) groups excluding carboxylic acids is 1. The Kier molecular flexibility index (Phi) is 5.38. The predicted octanol–water partition coefficient (Wildman–Crippen LogP) is 3.10. The van der Waals surface area contributed by atoms with Crippen molar-refractivity contribution in [2.24, 2.45) is 0 Å². The summed E-state index contributed by atoms with van der Waals surface area (Å²) < 4.78 is 0. The van der Waals surface area contributed by atoms with Crippen molar-refractivity contribution >= 4 is 22.6 Å². The first-order chi connectivity index (χ1) is 14.3. The van der Waals surface area contributed by atoms with Gasteiger partial charge in [-0.1, -0.05) is 18.2 Å². The van der Waals surface area contributed by atoms with Crippen LogP contribution in [0.2, 0.25) is 0 Å². The number of nitrogens with zero attached hydrogens (tertiary/aromatic N) is 4. The second-order valence-electron chi connectivity index (χ2n) is 6.46. The lowest BCUT2D eigenvalue weighted by Crippen LogP contribution is -2.18. The van der Waals surface area contributed by atoms with E-state index in [1.807, 2.05) is 36.4 Å². The van der Waals surface area contributed by atoms with Crippen molar-refractivity contribution in [3.8, 4) is 11.3 Å². The van der Waals surface area contributed by atoms with Gasteiger partial charge in [-0.05, 0) is 30.2 Å². The van der Waals surface area contributed by atoms with Crippen LogP contribution in [0.4, 0.5) is 5.82 Å². The largest absolute Gasteiger partial charge is 0.370 e. The predicted molar refractivity (Wildman–Crippen MR) is 113 cm³/mol. The molecule has 0 bridgehead atoms. The van der Waals surface area contributed by atoms with E-state index in [1.165, 1.54) is 0 Å². The monoisotopic (exact) mass is 384 g/mol. The fourth-order valence-electron chi connectivity index (χ4n) is 3.22. The molecule has 0 aliphatic heterocycles. The Morgan fingerprint density at radius 2 is 1.97 bits per heavy atom. The van der Waals surface area contributed by atoms with Gasteiger partial charge in [-0.2, -0.15) is 0 Å². The van der Waals surface area contributed by atoms with E-state index >= 15 is 0 Å². The first-order valence-electron chi connectivity index (χ1n) is 9.31. The molecule has 7 heteroatoms. The number of carbonyl (C=O) groups is 1. The van der Waals surface area contributed by atoms with E-state index in [-0.39, 0.29) is 5.91 Å². The van der Waals surface area contributed by atoms with Crippen molar-refractivity contribution in [3.63, 3.8) is 0 Å². The van der Waals surface area contributed by atoms with E-state index in [9.17, 15) is 4.79 Å². The topological polar surface area (TPSA) is 92.7 Å². The molecule has 7 nitrogen and oxygen atoms in total. The van der Waals surface area contributed by atoms with Crippen molar-refractivity contribution in [2.45, 2.75) is 6.42 Å². The van der Waals surface area contributed by atoms with E-state index in [0.29, 0.717) is 12.1 Å². The molecule has 0 aliphatic carbocycles. The number of hydrogen-bond donors (Lipinski definition) is 2. The number of para-hydroxylation sites is 1. The lowest BCUT2D eigenvalue weighted by Gasteiger charge is -2.10. The third kappa shape index (κ3) is 4.03. The maximum Gasteiger partial charge on any atom is 0.251 e. The SMILES string of the molecule is CNC(=O)c1ccnc2c(CCNc3cc(-c4cccnc4)ncn3)cccc12. The number of benzene rings is 1. The lowest BCUT2D eigenvalue weighted by molar-refractivity contribution is 0.0964. The Morgan fingerprint density at radius 3 is 2.79 bits per heavy atom. The minimum absolute atomic E-state index is 0.114. The Morgan fingerprint density at radius 1 is 1.03 bits per heavy atom. The highest BCUT2D eigenvalue weighted by Crippen LogP contribution is 2.21. The number of hydrogen-bond acceptors (Lipinski definition) is 6. The zero-order valence-corrected chi connectivity index (χ0v) is 16.0. The molecule has 2 N–H and O–H groups in total. The minimum Gasteiger partial charge on any atom is -0.370 e. The normalized spacial score (nSPS) is 10.7. The van der Waals surface area contributed by atoms with Gasteiger partial charge in [-0.25, -0.2) is 9.97 Å². The zero-order valence-electron chi connectivity index (χ0n) is 16.0. The molecule has 0 saturated carbocycles. The molecule has 1 aromatic carbocycles. The first kappa shape index (κ1) is 18.5. The van der Waals surface area contributed by atoms with Gasteiger partial charge < -0.3 is 10.6 Å². The third-order valence-electron chi connectivity index (χ3n) is 4.65. The molecule has 0 spiro atoms. The maximum absolute atomic E-state index is 12.1. The van der Waals surface area contributed by atoms with Crippen molar-refractivity contribution in [3.05, 3.63) is 78.5 Å². The average molecular weight is 384 g/mol. The molecule has 4 aromatic rings. The fraction of sp³-hybridized carbons (Fsp3) is 0.136. The molecule has 29 heavy (non-hydrogen) atoms. The van der Waals surface area contributed by atoms with Crippen molar-refractivity contribution < 1.29 is 4.79 Å². The van der Waals surface area contributed by atoms with Crippen LogP contribution >= 0.6 is 0 Å². The number of nitrogens with one attached hydrogen (secondary N) is 2. The number of aromatic nitrogens is 4. The average Bonchev–Trinajstić information content (AvgIpc) is 2.79. The van der Waals surface area contributed by atoms with Gasteiger partial charge in [0.05, 0.1) is 16.8 Å². The highest BCUT2D eigenvalue weighted by atomic mass is 16.1. The van der Waals surface area contributed by atoms with Crippen LogP contribution in [-0.4, -0.2) is 39.4 Å². The van der Waals surface area contributed by atoms with Crippen LogP contribution < -0.4 is 10.6 Å².